The van der Waals surface area contributed by atoms with Crippen molar-refractivity contribution >= 4 is 17.7 Å². The van der Waals surface area contributed by atoms with Crippen molar-refractivity contribution in [2.75, 3.05) is 0 Å². The predicted octanol–water partition coefficient (Wildman–Crippen LogP) is 3.17. The van der Waals surface area contributed by atoms with Crippen LogP contribution in [-0.2, 0) is 4.79 Å². The second-order valence-electron chi connectivity index (χ2n) is 4.96. The number of carboxylic acids is 1. The van der Waals surface area contributed by atoms with E-state index >= 15 is 0 Å². The summed E-state index contributed by atoms with van der Waals surface area (Å²) < 4.78 is 0. The lowest BCUT2D eigenvalue weighted by molar-refractivity contribution is -0.142. The first-order valence-electron chi connectivity index (χ1n) is 6.59. The molecule has 0 spiro atoms. The molecule has 5 heteroatoms. The van der Waals surface area contributed by atoms with Crippen LogP contribution in [-0.4, -0.2) is 26.3 Å². The first-order valence-corrected chi connectivity index (χ1v) is 7.47. The molecule has 0 aromatic carbocycles. The molecule has 0 bridgehead atoms. The first-order chi connectivity index (χ1) is 8.70. The molecule has 1 aromatic rings. The van der Waals surface area contributed by atoms with Gasteiger partial charge in [0.1, 0.15) is 0 Å². The topological polar surface area (TPSA) is 66.0 Å². The molecular weight excluding hydrogens is 248 g/mol. The molecule has 1 heterocycles. The van der Waals surface area contributed by atoms with Crippen LogP contribution in [0.4, 0.5) is 0 Å². The number of hydrogen-bond acceptors (Lipinski definition) is 3. The fraction of sp³-hybridized carbons (Fsp3) is 0.692. The highest BCUT2D eigenvalue weighted by molar-refractivity contribution is 7.99. The highest BCUT2D eigenvalue weighted by Crippen LogP contribution is 2.40. The van der Waals surface area contributed by atoms with Crippen molar-refractivity contribution < 1.29 is 9.90 Å². The highest BCUT2D eigenvalue weighted by Gasteiger charge is 2.35. The van der Waals surface area contributed by atoms with E-state index in [0.29, 0.717) is 5.92 Å². The van der Waals surface area contributed by atoms with Crippen LogP contribution in [0.3, 0.4) is 0 Å². The van der Waals surface area contributed by atoms with Gasteiger partial charge in [-0.05, 0) is 25.2 Å². The smallest absolute Gasteiger partial charge is 0.307 e. The second-order valence-corrected chi connectivity index (χ2v) is 6.19. The molecule has 1 aliphatic rings. The molecule has 1 saturated carbocycles. The van der Waals surface area contributed by atoms with Crippen molar-refractivity contribution in [3.63, 3.8) is 0 Å². The van der Waals surface area contributed by atoms with Crippen LogP contribution in [0.15, 0.2) is 17.6 Å². The monoisotopic (exact) mass is 268 g/mol. The van der Waals surface area contributed by atoms with E-state index in [0.717, 1.165) is 24.4 Å². The number of carbonyl (C=O) groups is 1. The van der Waals surface area contributed by atoms with Gasteiger partial charge in [0.05, 0.1) is 5.92 Å². The third-order valence-corrected chi connectivity index (χ3v) is 4.92. The summed E-state index contributed by atoms with van der Waals surface area (Å²) in [5, 5.41) is 10.3. The van der Waals surface area contributed by atoms with Crippen LogP contribution >= 0.6 is 11.8 Å². The van der Waals surface area contributed by atoms with Crippen LogP contribution < -0.4 is 0 Å². The van der Waals surface area contributed by atoms with E-state index < -0.39 is 5.97 Å². The molecule has 1 aliphatic carbocycles. The summed E-state index contributed by atoms with van der Waals surface area (Å²) in [5.41, 5.74) is 0. The summed E-state index contributed by atoms with van der Waals surface area (Å²) in [6.07, 6.45) is 8.74. The first kappa shape index (κ1) is 13.5. The van der Waals surface area contributed by atoms with Crippen molar-refractivity contribution in [1.82, 2.24) is 9.97 Å². The molecule has 0 amide bonds. The number of nitrogens with one attached hydrogen (secondary N) is 1. The zero-order chi connectivity index (χ0) is 13.0. The second kappa shape index (κ2) is 6.27. The number of carboxylic acid groups (broad SMARTS) is 1. The van der Waals surface area contributed by atoms with E-state index in [2.05, 4.69) is 16.9 Å². The van der Waals surface area contributed by atoms with E-state index in [4.69, 9.17) is 0 Å². The Bertz CT molecular complexity index is 380. The minimum atomic E-state index is -0.658. The molecular formula is C13H20N2O2S. The molecule has 0 saturated heterocycles. The fourth-order valence-corrected chi connectivity index (χ4v) is 4.08. The normalized spacial score (nSPS) is 28.2. The minimum absolute atomic E-state index is 0.152. The number of rotatable bonds is 5. The Morgan fingerprint density at radius 2 is 2.44 bits per heavy atom. The number of aromatic amines is 1. The van der Waals surface area contributed by atoms with E-state index in [1.165, 1.54) is 12.8 Å². The lowest BCUT2D eigenvalue weighted by Gasteiger charge is -2.32. The number of hydrogen-bond donors (Lipinski definition) is 2. The number of H-pyrrole nitrogens is 1. The minimum Gasteiger partial charge on any atom is -0.481 e. The zero-order valence-corrected chi connectivity index (χ0v) is 11.4. The lowest BCUT2D eigenvalue weighted by atomic mass is 9.80. The summed E-state index contributed by atoms with van der Waals surface area (Å²) in [4.78, 5) is 18.6. The zero-order valence-electron chi connectivity index (χ0n) is 10.6. The molecule has 18 heavy (non-hydrogen) atoms. The van der Waals surface area contributed by atoms with Crippen LogP contribution in [0, 0.1) is 11.8 Å². The Labute approximate surface area is 112 Å². The van der Waals surface area contributed by atoms with Gasteiger partial charge in [-0.2, -0.15) is 0 Å². The molecule has 3 unspecified atom stereocenters. The Kier molecular flexibility index (Phi) is 4.69. The number of thioether (sulfide) groups is 1. The maximum absolute atomic E-state index is 11.3. The van der Waals surface area contributed by atoms with Gasteiger partial charge in [-0.15, -0.1) is 0 Å². The SMILES string of the molecule is CCCC1CCC(C(=O)O)C(Sc2ncc[nH]2)C1. The van der Waals surface area contributed by atoms with Gasteiger partial charge in [-0.25, -0.2) is 4.98 Å². The van der Waals surface area contributed by atoms with Gasteiger partial charge in [-0.1, -0.05) is 31.5 Å². The predicted molar refractivity (Wildman–Crippen MR) is 71.6 cm³/mol. The number of aliphatic carboxylic acids is 1. The third kappa shape index (κ3) is 3.28. The summed E-state index contributed by atoms with van der Waals surface area (Å²) in [5.74, 6) is -0.208. The van der Waals surface area contributed by atoms with Crippen LogP contribution in [0.5, 0.6) is 0 Å². The number of nitrogens with zero attached hydrogens (tertiary/aromatic N) is 1. The standard InChI is InChI=1S/C13H20N2O2S/c1-2-3-9-4-5-10(12(16)17)11(8-9)18-13-14-6-7-15-13/h6-7,9-11H,2-5,8H2,1H3,(H,14,15)(H,16,17). The van der Waals surface area contributed by atoms with Gasteiger partial charge >= 0.3 is 5.97 Å². The van der Waals surface area contributed by atoms with Crippen molar-refractivity contribution in [2.24, 2.45) is 11.8 Å². The molecule has 2 N–H and O–H groups in total. The maximum Gasteiger partial charge on any atom is 0.307 e. The van der Waals surface area contributed by atoms with Crippen molar-refractivity contribution in [3.8, 4) is 0 Å². The van der Waals surface area contributed by atoms with E-state index in [1.54, 1.807) is 24.2 Å². The largest absolute Gasteiger partial charge is 0.481 e. The van der Waals surface area contributed by atoms with Crippen molar-refractivity contribution in [2.45, 2.75) is 49.4 Å². The van der Waals surface area contributed by atoms with Gasteiger partial charge in [-0.3, -0.25) is 4.79 Å². The quantitative estimate of drug-likeness (QED) is 0.860. The highest BCUT2D eigenvalue weighted by atomic mass is 32.2. The van der Waals surface area contributed by atoms with E-state index in [-0.39, 0.29) is 11.2 Å². The Hall–Kier alpha value is -0.970. The van der Waals surface area contributed by atoms with Gasteiger partial charge in [0.25, 0.3) is 0 Å². The van der Waals surface area contributed by atoms with Gasteiger partial charge in [0, 0.05) is 17.6 Å². The van der Waals surface area contributed by atoms with Gasteiger partial charge in [0.15, 0.2) is 5.16 Å². The van der Waals surface area contributed by atoms with Crippen molar-refractivity contribution in [1.29, 1.82) is 0 Å². The summed E-state index contributed by atoms with van der Waals surface area (Å²) in [6.45, 7) is 2.19. The average molecular weight is 268 g/mol. The molecule has 0 aliphatic heterocycles. The summed E-state index contributed by atoms with van der Waals surface area (Å²) in [6, 6.07) is 0. The molecule has 0 radical (unpaired) electrons. The molecule has 4 nitrogen and oxygen atoms in total. The van der Waals surface area contributed by atoms with E-state index in [1.807, 2.05) is 0 Å². The van der Waals surface area contributed by atoms with Crippen molar-refractivity contribution in [3.05, 3.63) is 12.4 Å². The maximum atomic E-state index is 11.3. The van der Waals surface area contributed by atoms with Gasteiger partial charge in [0.2, 0.25) is 0 Å². The summed E-state index contributed by atoms with van der Waals surface area (Å²) >= 11 is 1.59. The lowest BCUT2D eigenvalue weighted by Crippen LogP contribution is -2.32. The number of imidazole rings is 1. The summed E-state index contributed by atoms with van der Waals surface area (Å²) in [7, 11) is 0. The number of aromatic nitrogens is 2. The Morgan fingerprint density at radius 1 is 1.61 bits per heavy atom. The van der Waals surface area contributed by atoms with Crippen LogP contribution in [0.1, 0.15) is 39.0 Å². The van der Waals surface area contributed by atoms with Crippen LogP contribution in [0.25, 0.3) is 0 Å². The average Bonchev–Trinajstić information content (AvgIpc) is 2.82. The fourth-order valence-electron chi connectivity index (χ4n) is 2.75. The molecule has 1 fully saturated rings. The molecule has 1 aromatic heterocycles. The Morgan fingerprint density at radius 3 is 3.06 bits per heavy atom. The third-order valence-electron chi connectivity index (χ3n) is 3.65. The molecule has 3 atom stereocenters. The Balaban J connectivity index is 2.02. The van der Waals surface area contributed by atoms with Gasteiger partial charge < -0.3 is 10.1 Å². The van der Waals surface area contributed by atoms with Crippen LogP contribution in [0.2, 0.25) is 0 Å². The van der Waals surface area contributed by atoms with E-state index in [9.17, 15) is 9.90 Å². The molecule has 2 rings (SSSR count). The molecule has 100 valence electrons.